The first-order chi connectivity index (χ1) is 22.4. The highest BCUT2D eigenvalue weighted by atomic mass is 19.1. The zero-order valence-corrected chi connectivity index (χ0v) is 26.2. The van der Waals surface area contributed by atoms with Crippen molar-refractivity contribution in [3.05, 3.63) is 107 Å². The standard InChI is InChI=1S/C36H37FN2O8/c1-21(2)39-29(16-15-27(40)18-28(41)19-31(42)43)32(23-11-13-26(37)14-12-23)33(22-7-5-4-6-8-22)34(39)35(44)38-20-25-10-9-24(36(45)46)17-30(25)47-3/h4-17,21,27-28,40-41H,18-20H2,1-3H3,(H,38,44)(H,42,43)(H,45,46)/b16-15+/t27-,28-/m1/s1. The number of benzene rings is 3. The molecule has 0 saturated carbocycles. The summed E-state index contributed by atoms with van der Waals surface area (Å²) in [6, 6.07) is 19.1. The Kier molecular flexibility index (Phi) is 11.3. The van der Waals surface area contributed by atoms with Gasteiger partial charge in [0, 0.05) is 41.4 Å². The quantitative estimate of drug-likeness (QED) is 0.116. The van der Waals surface area contributed by atoms with Crippen LogP contribution in [0.2, 0.25) is 0 Å². The van der Waals surface area contributed by atoms with Gasteiger partial charge in [-0.1, -0.05) is 54.6 Å². The van der Waals surface area contributed by atoms with Crippen LogP contribution in [-0.4, -0.2) is 62.2 Å². The second-order valence-corrected chi connectivity index (χ2v) is 11.2. The number of aliphatic carboxylic acids is 1. The van der Waals surface area contributed by atoms with E-state index in [0.29, 0.717) is 39.3 Å². The number of methoxy groups -OCH3 is 1. The zero-order chi connectivity index (χ0) is 34.2. The van der Waals surface area contributed by atoms with Gasteiger partial charge in [-0.2, -0.15) is 0 Å². The molecule has 0 radical (unpaired) electrons. The molecule has 246 valence electrons. The fourth-order valence-electron chi connectivity index (χ4n) is 5.45. The van der Waals surface area contributed by atoms with E-state index in [1.165, 1.54) is 37.5 Å². The minimum absolute atomic E-state index is 0.0106. The van der Waals surface area contributed by atoms with Crippen molar-refractivity contribution >= 4 is 23.9 Å². The Morgan fingerprint density at radius 3 is 2.19 bits per heavy atom. The summed E-state index contributed by atoms with van der Waals surface area (Å²) in [7, 11) is 1.41. The van der Waals surface area contributed by atoms with Crippen molar-refractivity contribution in [1.82, 2.24) is 9.88 Å². The van der Waals surface area contributed by atoms with E-state index in [2.05, 4.69) is 5.32 Å². The molecular weight excluding hydrogens is 607 g/mol. The van der Waals surface area contributed by atoms with Gasteiger partial charge in [0.1, 0.15) is 17.3 Å². The van der Waals surface area contributed by atoms with E-state index in [9.17, 15) is 34.1 Å². The van der Waals surface area contributed by atoms with E-state index in [4.69, 9.17) is 9.84 Å². The lowest BCUT2D eigenvalue weighted by atomic mass is 9.94. The third-order valence-electron chi connectivity index (χ3n) is 7.54. The van der Waals surface area contributed by atoms with Crippen LogP contribution in [0.25, 0.3) is 28.3 Å². The number of ether oxygens (including phenoxy) is 1. The van der Waals surface area contributed by atoms with E-state index < -0.39 is 42.3 Å². The van der Waals surface area contributed by atoms with Crippen molar-refractivity contribution in [2.24, 2.45) is 0 Å². The summed E-state index contributed by atoms with van der Waals surface area (Å²) < 4.78 is 21.3. The molecule has 0 aliphatic carbocycles. The largest absolute Gasteiger partial charge is 0.496 e. The molecule has 1 amide bonds. The van der Waals surface area contributed by atoms with Gasteiger partial charge >= 0.3 is 11.9 Å². The Balaban J connectivity index is 1.89. The minimum Gasteiger partial charge on any atom is -0.496 e. The molecule has 47 heavy (non-hydrogen) atoms. The molecule has 4 rings (SSSR count). The van der Waals surface area contributed by atoms with Crippen LogP contribution in [-0.2, 0) is 11.3 Å². The third kappa shape index (κ3) is 8.32. The van der Waals surface area contributed by atoms with Crippen LogP contribution in [0.4, 0.5) is 4.39 Å². The number of aliphatic hydroxyl groups is 2. The highest BCUT2D eigenvalue weighted by Crippen LogP contribution is 2.42. The maximum absolute atomic E-state index is 14.3. The van der Waals surface area contributed by atoms with E-state index >= 15 is 0 Å². The molecule has 1 aromatic heterocycles. The van der Waals surface area contributed by atoms with Crippen molar-refractivity contribution in [2.45, 2.75) is 51.5 Å². The topological polar surface area (TPSA) is 158 Å². The maximum atomic E-state index is 14.3. The van der Waals surface area contributed by atoms with E-state index in [1.54, 1.807) is 28.8 Å². The summed E-state index contributed by atoms with van der Waals surface area (Å²) in [5, 5.41) is 42.1. The van der Waals surface area contributed by atoms with Gasteiger partial charge in [-0.05, 0) is 55.3 Å². The van der Waals surface area contributed by atoms with Gasteiger partial charge in [0.2, 0.25) is 0 Å². The van der Waals surface area contributed by atoms with E-state index in [1.807, 2.05) is 44.2 Å². The molecule has 11 heteroatoms. The van der Waals surface area contributed by atoms with Crippen molar-refractivity contribution in [3.63, 3.8) is 0 Å². The number of aromatic carboxylic acids is 1. The van der Waals surface area contributed by atoms with E-state index in [-0.39, 0.29) is 30.3 Å². The van der Waals surface area contributed by atoms with Crippen molar-refractivity contribution in [2.75, 3.05) is 7.11 Å². The first-order valence-electron chi connectivity index (χ1n) is 14.9. The Bertz CT molecular complexity index is 1760. The zero-order valence-electron chi connectivity index (χ0n) is 26.2. The first kappa shape index (κ1) is 34.6. The maximum Gasteiger partial charge on any atom is 0.335 e. The number of aliphatic hydroxyl groups excluding tert-OH is 2. The number of carboxylic acids is 2. The van der Waals surface area contributed by atoms with Gasteiger partial charge in [-0.3, -0.25) is 9.59 Å². The number of amides is 1. The molecule has 0 aliphatic heterocycles. The summed E-state index contributed by atoms with van der Waals surface area (Å²) in [4.78, 5) is 36.7. The van der Waals surface area contributed by atoms with Gasteiger partial charge in [0.25, 0.3) is 5.91 Å². The smallest absolute Gasteiger partial charge is 0.335 e. The second-order valence-electron chi connectivity index (χ2n) is 11.2. The minimum atomic E-state index is -1.27. The second kappa shape index (κ2) is 15.4. The number of aromatic nitrogens is 1. The van der Waals surface area contributed by atoms with Gasteiger partial charge in [-0.15, -0.1) is 0 Å². The van der Waals surface area contributed by atoms with Crippen molar-refractivity contribution in [3.8, 4) is 28.0 Å². The summed E-state index contributed by atoms with van der Waals surface area (Å²) in [5.41, 5.74) is 3.84. The van der Waals surface area contributed by atoms with Crippen molar-refractivity contribution < 1.29 is 43.9 Å². The molecule has 4 aromatic rings. The molecule has 0 aliphatic rings. The number of rotatable bonds is 14. The summed E-state index contributed by atoms with van der Waals surface area (Å²) in [6.45, 7) is 3.78. The normalized spacial score (nSPS) is 12.7. The van der Waals surface area contributed by atoms with Gasteiger partial charge in [0.05, 0.1) is 31.3 Å². The molecule has 5 N–H and O–H groups in total. The van der Waals surface area contributed by atoms with Gasteiger partial charge in [-0.25, -0.2) is 9.18 Å². The molecule has 0 saturated heterocycles. The third-order valence-corrected chi connectivity index (χ3v) is 7.54. The molecule has 0 bridgehead atoms. The number of nitrogens with zero attached hydrogens (tertiary/aromatic N) is 1. The number of nitrogens with one attached hydrogen (secondary N) is 1. The van der Waals surface area contributed by atoms with Crippen molar-refractivity contribution in [1.29, 1.82) is 0 Å². The molecular formula is C36H37FN2O8. The lowest BCUT2D eigenvalue weighted by Crippen LogP contribution is -2.27. The molecule has 2 atom stereocenters. The van der Waals surface area contributed by atoms with Crippen LogP contribution in [0.5, 0.6) is 5.75 Å². The molecule has 0 unspecified atom stereocenters. The highest BCUT2D eigenvalue weighted by Gasteiger charge is 2.29. The first-order valence-corrected chi connectivity index (χ1v) is 14.9. The van der Waals surface area contributed by atoms with Crippen LogP contribution >= 0.6 is 0 Å². The number of carbonyl (C=O) groups is 3. The van der Waals surface area contributed by atoms with Gasteiger partial charge < -0.3 is 35.0 Å². The number of hydrogen-bond acceptors (Lipinski definition) is 6. The van der Waals surface area contributed by atoms with Crippen LogP contribution < -0.4 is 10.1 Å². The van der Waals surface area contributed by atoms with Crippen LogP contribution in [0.15, 0.2) is 78.9 Å². The highest BCUT2D eigenvalue weighted by molar-refractivity contribution is 6.06. The lowest BCUT2D eigenvalue weighted by Gasteiger charge is -2.18. The number of carboxylic acid groups (broad SMARTS) is 2. The monoisotopic (exact) mass is 644 g/mol. The Hall–Kier alpha value is -5.26. The van der Waals surface area contributed by atoms with Gasteiger partial charge in [0.15, 0.2) is 0 Å². The molecule has 3 aromatic carbocycles. The predicted octanol–water partition coefficient (Wildman–Crippen LogP) is 5.78. The van der Waals surface area contributed by atoms with E-state index in [0.717, 1.165) is 0 Å². The average Bonchev–Trinajstić information content (AvgIpc) is 3.38. The fourth-order valence-corrected chi connectivity index (χ4v) is 5.45. The lowest BCUT2D eigenvalue weighted by molar-refractivity contribution is -0.139. The van der Waals surface area contributed by atoms with Crippen LogP contribution in [0.3, 0.4) is 0 Å². The molecule has 1 heterocycles. The fraction of sp³-hybridized carbons (Fsp3) is 0.250. The SMILES string of the molecule is COc1cc(C(=O)O)ccc1CNC(=O)c1c(-c2ccccc2)c(-c2ccc(F)cc2)c(/C=C/[C@@H](O)C[C@@H](O)CC(=O)O)n1C(C)C. The predicted molar refractivity (Wildman–Crippen MR) is 175 cm³/mol. The summed E-state index contributed by atoms with van der Waals surface area (Å²) in [5.74, 6) is -2.92. The molecule has 0 fully saturated rings. The van der Waals surface area contributed by atoms with Crippen LogP contribution in [0, 0.1) is 5.82 Å². The number of carbonyl (C=O) groups excluding carboxylic acids is 1. The number of halogens is 1. The Morgan fingerprint density at radius 2 is 1.60 bits per heavy atom. The van der Waals surface area contributed by atoms with Crippen LogP contribution in [0.1, 0.15) is 64.8 Å². The molecule has 0 spiro atoms. The number of hydrogen-bond donors (Lipinski definition) is 5. The molecule has 10 nitrogen and oxygen atoms in total. The Labute approximate surface area is 271 Å². The summed E-state index contributed by atoms with van der Waals surface area (Å²) in [6.07, 6.45) is -0.187. The Morgan fingerprint density at radius 1 is 0.936 bits per heavy atom. The average molecular weight is 645 g/mol. The summed E-state index contributed by atoms with van der Waals surface area (Å²) >= 11 is 0.